The summed E-state index contributed by atoms with van der Waals surface area (Å²) in [4.78, 5) is 8.93. The zero-order valence-corrected chi connectivity index (χ0v) is 15.3. The van der Waals surface area contributed by atoms with Gasteiger partial charge in [-0.05, 0) is 53.6 Å². The predicted molar refractivity (Wildman–Crippen MR) is 101 cm³/mol. The van der Waals surface area contributed by atoms with Gasteiger partial charge >= 0.3 is 0 Å². The summed E-state index contributed by atoms with van der Waals surface area (Å²) in [5, 5.41) is 15.2. The lowest BCUT2D eigenvalue weighted by Crippen LogP contribution is -2.36. The molecule has 2 aromatic heterocycles. The Kier molecular flexibility index (Phi) is 6.03. The van der Waals surface area contributed by atoms with E-state index in [9.17, 15) is 0 Å². The Morgan fingerprint density at radius 3 is 2.80 bits per heavy atom. The molecule has 0 aliphatic rings. The van der Waals surface area contributed by atoms with Gasteiger partial charge in [0.2, 0.25) is 11.7 Å². The Balaban J connectivity index is 1.61. The Morgan fingerprint density at radius 1 is 1.24 bits per heavy atom. The summed E-state index contributed by atoms with van der Waals surface area (Å²) in [5.41, 5.74) is 2.04. The minimum Gasteiger partial charge on any atom is -0.357 e. The third-order valence-corrected chi connectivity index (χ3v) is 4.31. The normalized spacial score (nSPS) is 11.5. The predicted octanol–water partition coefficient (Wildman–Crippen LogP) is 3.71. The molecule has 8 heteroatoms. The maximum atomic E-state index is 5.89. The van der Waals surface area contributed by atoms with Crippen molar-refractivity contribution >= 4 is 28.9 Å². The maximum Gasteiger partial charge on any atom is 0.246 e. The number of rotatable bonds is 6. The number of aromatic nitrogens is 2. The van der Waals surface area contributed by atoms with Gasteiger partial charge in [-0.25, -0.2) is 4.99 Å². The second-order valence-corrected chi connectivity index (χ2v) is 6.42. The van der Waals surface area contributed by atoms with Crippen molar-refractivity contribution in [3.8, 4) is 11.4 Å². The Labute approximate surface area is 154 Å². The fourth-order valence-corrected chi connectivity index (χ4v) is 2.88. The van der Waals surface area contributed by atoms with Crippen LogP contribution in [0.1, 0.15) is 18.4 Å². The topological polar surface area (TPSA) is 75.3 Å². The first-order valence-corrected chi connectivity index (χ1v) is 9.18. The molecule has 0 spiro atoms. The van der Waals surface area contributed by atoms with Crippen molar-refractivity contribution < 1.29 is 4.52 Å². The highest BCUT2D eigenvalue weighted by molar-refractivity contribution is 7.07. The first-order chi connectivity index (χ1) is 12.2. The summed E-state index contributed by atoms with van der Waals surface area (Å²) < 4.78 is 5.29. The zero-order valence-electron chi connectivity index (χ0n) is 13.7. The van der Waals surface area contributed by atoms with E-state index in [1.807, 2.05) is 24.4 Å². The Morgan fingerprint density at radius 2 is 2.08 bits per heavy atom. The average molecular weight is 376 g/mol. The average Bonchev–Trinajstić information content (AvgIpc) is 3.30. The number of thiophene rings is 1. The summed E-state index contributed by atoms with van der Waals surface area (Å²) in [6.07, 6.45) is 0. The van der Waals surface area contributed by atoms with E-state index >= 15 is 0 Å². The van der Waals surface area contributed by atoms with Crippen LogP contribution in [0.3, 0.4) is 0 Å². The molecule has 0 saturated heterocycles. The molecule has 0 atom stereocenters. The van der Waals surface area contributed by atoms with Crippen molar-refractivity contribution in [1.82, 2.24) is 20.8 Å². The van der Waals surface area contributed by atoms with Gasteiger partial charge < -0.3 is 15.2 Å². The molecule has 3 aromatic rings. The van der Waals surface area contributed by atoms with Crippen molar-refractivity contribution in [2.45, 2.75) is 20.0 Å². The monoisotopic (exact) mass is 375 g/mol. The van der Waals surface area contributed by atoms with E-state index < -0.39 is 0 Å². The van der Waals surface area contributed by atoms with Crippen LogP contribution in [0.4, 0.5) is 0 Å². The van der Waals surface area contributed by atoms with Gasteiger partial charge in [-0.3, -0.25) is 0 Å². The standard InChI is InChI=1S/C17H18ClN5OS/c1-2-19-17(20-9-12-7-8-25-11-12)21-10-15-22-16(23-24-15)13-3-5-14(18)6-4-13/h3-8,11H,2,9-10H2,1H3,(H2,19,20,21). The second kappa shape index (κ2) is 8.64. The van der Waals surface area contributed by atoms with Gasteiger partial charge in [0, 0.05) is 17.1 Å². The van der Waals surface area contributed by atoms with Crippen molar-refractivity contribution in [2.75, 3.05) is 6.54 Å². The molecule has 1 aromatic carbocycles. The van der Waals surface area contributed by atoms with Gasteiger partial charge in [0.15, 0.2) is 5.96 Å². The second-order valence-electron chi connectivity index (χ2n) is 5.20. The number of benzene rings is 1. The Hall–Kier alpha value is -2.38. The van der Waals surface area contributed by atoms with Crippen LogP contribution >= 0.6 is 22.9 Å². The Bertz CT molecular complexity index is 814. The van der Waals surface area contributed by atoms with Gasteiger partial charge in [0.1, 0.15) is 0 Å². The van der Waals surface area contributed by atoms with Gasteiger partial charge in [-0.15, -0.1) is 0 Å². The van der Waals surface area contributed by atoms with Crippen LogP contribution in [0.5, 0.6) is 0 Å². The molecule has 2 N–H and O–H groups in total. The van der Waals surface area contributed by atoms with Gasteiger partial charge in [0.25, 0.3) is 0 Å². The van der Waals surface area contributed by atoms with E-state index in [4.69, 9.17) is 16.1 Å². The van der Waals surface area contributed by atoms with E-state index in [-0.39, 0.29) is 0 Å². The van der Waals surface area contributed by atoms with Crippen LogP contribution in [0.25, 0.3) is 11.4 Å². The molecule has 0 unspecified atom stereocenters. The third-order valence-electron chi connectivity index (χ3n) is 3.32. The molecule has 0 aliphatic heterocycles. The number of nitrogens with one attached hydrogen (secondary N) is 2. The molecule has 130 valence electrons. The summed E-state index contributed by atoms with van der Waals surface area (Å²) in [6.45, 7) is 3.82. The first-order valence-electron chi connectivity index (χ1n) is 7.86. The molecule has 0 amide bonds. The molecule has 6 nitrogen and oxygen atoms in total. The third kappa shape index (κ3) is 5.04. The number of hydrogen-bond acceptors (Lipinski definition) is 5. The highest BCUT2D eigenvalue weighted by atomic mass is 35.5. The van der Waals surface area contributed by atoms with Crippen molar-refractivity contribution in [2.24, 2.45) is 4.99 Å². The minimum absolute atomic E-state index is 0.399. The number of hydrogen-bond donors (Lipinski definition) is 2. The molecular formula is C17H18ClN5OS. The highest BCUT2D eigenvalue weighted by Crippen LogP contribution is 2.18. The van der Waals surface area contributed by atoms with E-state index in [1.54, 1.807) is 23.5 Å². The molecule has 2 heterocycles. The first kappa shape index (κ1) is 17.4. The van der Waals surface area contributed by atoms with Crippen molar-refractivity contribution in [1.29, 1.82) is 0 Å². The largest absolute Gasteiger partial charge is 0.357 e. The lowest BCUT2D eigenvalue weighted by molar-refractivity contribution is 0.375. The summed E-state index contributed by atoms with van der Waals surface area (Å²) in [6, 6.07) is 9.37. The lowest BCUT2D eigenvalue weighted by atomic mass is 10.2. The van der Waals surface area contributed by atoms with E-state index in [1.165, 1.54) is 5.56 Å². The van der Waals surface area contributed by atoms with Crippen LogP contribution in [-0.2, 0) is 13.1 Å². The summed E-state index contributed by atoms with van der Waals surface area (Å²) in [5.74, 6) is 1.74. The van der Waals surface area contributed by atoms with Crippen LogP contribution in [0, 0.1) is 0 Å². The smallest absolute Gasteiger partial charge is 0.246 e. The van der Waals surface area contributed by atoms with Crippen molar-refractivity contribution in [3.63, 3.8) is 0 Å². The van der Waals surface area contributed by atoms with Gasteiger partial charge in [0.05, 0.1) is 13.1 Å². The van der Waals surface area contributed by atoms with Gasteiger partial charge in [-0.2, -0.15) is 16.3 Å². The molecule has 0 saturated carbocycles. The number of halogens is 1. The molecule has 25 heavy (non-hydrogen) atoms. The SMILES string of the molecule is CCNC(=NCc1ccsc1)NCc1nc(-c2ccc(Cl)cc2)no1. The number of guanidine groups is 1. The minimum atomic E-state index is 0.399. The lowest BCUT2D eigenvalue weighted by Gasteiger charge is -2.08. The molecule has 3 rings (SSSR count). The molecule has 0 aliphatic carbocycles. The van der Waals surface area contributed by atoms with Crippen LogP contribution in [0.2, 0.25) is 5.02 Å². The fraction of sp³-hybridized carbons (Fsp3) is 0.235. The van der Waals surface area contributed by atoms with Crippen LogP contribution in [-0.4, -0.2) is 22.6 Å². The molecular weight excluding hydrogens is 358 g/mol. The highest BCUT2D eigenvalue weighted by Gasteiger charge is 2.09. The fourth-order valence-electron chi connectivity index (χ4n) is 2.10. The van der Waals surface area contributed by atoms with E-state index in [0.717, 1.165) is 12.1 Å². The van der Waals surface area contributed by atoms with E-state index in [2.05, 4.69) is 37.2 Å². The summed E-state index contributed by atoms with van der Waals surface area (Å²) >= 11 is 7.56. The molecule has 0 bridgehead atoms. The zero-order chi connectivity index (χ0) is 17.5. The van der Waals surface area contributed by atoms with Gasteiger partial charge in [-0.1, -0.05) is 16.8 Å². The number of aliphatic imine (C=N–C) groups is 1. The quantitative estimate of drug-likeness (QED) is 0.507. The molecule has 0 fully saturated rings. The number of nitrogens with zero attached hydrogens (tertiary/aromatic N) is 3. The maximum absolute atomic E-state index is 5.89. The van der Waals surface area contributed by atoms with E-state index in [0.29, 0.717) is 35.8 Å². The summed E-state index contributed by atoms with van der Waals surface area (Å²) in [7, 11) is 0. The van der Waals surface area contributed by atoms with Crippen molar-refractivity contribution in [3.05, 3.63) is 57.6 Å². The van der Waals surface area contributed by atoms with Crippen LogP contribution in [0.15, 0.2) is 50.6 Å². The molecule has 0 radical (unpaired) electrons. The van der Waals surface area contributed by atoms with Crippen LogP contribution < -0.4 is 10.6 Å².